The van der Waals surface area contributed by atoms with Gasteiger partial charge in [-0.3, -0.25) is 14.7 Å². The number of hydrogen-bond donors (Lipinski definition) is 1. The Labute approximate surface area is 182 Å². The van der Waals surface area contributed by atoms with Gasteiger partial charge in [0.2, 0.25) is 5.91 Å². The van der Waals surface area contributed by atoms with Crippen LogP contribution in [0.25, 0.3) is 0 Å². The van der Waals surface area contributed by atoms with Crippen LogP contribution in [-0.2, 0) is 11.3 Å². The van der Waals surface area contributed by atoms with Gasteiger partial charge in [-0.1, -0.05) is 13.0 Å². The fourth-order valence-corrected chi connectivity index (χ4v) is 5.38. The molecule has 1 amide bonds. The summed E-state index contributed by atoms with van der Waals surface area (Å²) in [6.45, 7) is 8.73. The van der Waals surface area contributed by atoms with E-state index in [1.165, 1.54) is 37.9 Å². The molecule has 0 aromatic carbocycles. The molecule has 5 nitrogen and oxygen atoms in total. The molecule has 4 heterocycles. The van der Waals surface area contributed by atoms with E-state index in [4.69, 9.17) is 0 Å². The van der Waals surface area contributed by atoms with Crippen molar-refractivity contribution in [2.75, 3.05) is 32.7 Å². The summed E-state index contributed by atoms with van der Waals surface area (Å²) in [6, 6.07) is 4.78. The molecule has 3 saturated heterocycles. The van der Waals surface area contributed by atoms with E-state index < -0.39 is 0 Å². The molecule has 3 atom stereocenters. The number of rotatable bonds is 6. The molecule has 0 spiro atoms. The first-order valence-electron chi connectivity index (χ1n) is 11.3. The molecule has 6 heteroatoms. The molecule has 2 bridgehead atoms. The van der Waals surface area contributed by atoms with Gasteiger partial charge in [-0.05, 0) is 68.0 Å². The second kappa shape index (κ2) is 10.7. The van der Waals surface area contributed by atoms with Crippen LogP contribution in [-0.4, -0.2) is 59.5 Å². The number of fused-ring (bicyclic) bond motifs is 2. The van der Waals surface area contributed by atoms with Gasteiger partial charge in [0.1, 0.15) is 0 Å². The predicted octanol–water partition coefficient (Wildman–Crippen LogP) is 3.34. The number of amides is 1. The third-order valence-electron chi connectivity index (χ3n) is 7.05. The van der Waals surface area contributed by atoms with Crippen LogP contribution in [0.15, 0.2) is 24.5 Å². The monoisotopic (exact) mass is 420 g/mol. The number of nitrogens with one attached hydrogen (secondary N) is 1. The molecule has 2 unspecified atom stereocenters. The number of aromatic nitrogens is 1. The lowest BCUT2D eigenvalue weighted by molar-refractivity contribution is -0.132. The van der Waals surface area contributed by atoms with Gasteiger partial charge in [-0.25, -0.2) is 0 Å². The Morgan fingerprint density at radius 3 is 2.86 bits per heavy atom. The van der Waals surface area contributed by atoms with Crippen LogP contribution < -0.4 is 5.32 Å². The molecule has 4 rings (SSSR count). The van der Waals surface area contributed by atoms with Crippen molar-refractivity contribution in [3.05, 3.63) is 30.1 Å². The summed E-state index contributed by atoms with van der Waals surface area (Å²) in [5, 5.41) is 3.80. The van der Waals surface area contributed by atoms with E-state index >= 15 is 0 Å². The zero-order chi connectivity index (χ0) is 19.3. The maximum absolute atomic E-state index is 12.5. The maximum atomic E-state index is 12.5. The number of carbonyl (C=O) groups is 1. The Hall–Kier alpha value is -1.17. The van der Waals surface area contributed by atoms with Gasteiger partial charge in [-0.15, -0.1) is 12.4 Å². The van der Waals surface area contributed by atoms with Crippen LogP contribution in [0.4, 0.5) is 0 Å². The minimum atomic E-state index is 0. The van der Waals surface area contributed by atoms with Crippen LogP contribution in [0.3, 0.4) is 0 Å². The summed E-state index contributed by atoms with van der Waals surface area (Å²) in [4.78, 5) is 21.5. The van der Waals surface area contributed by atoms with E-state index in [0.29, 0.717) is 11.9 Å². The highest BCUT2D eigenvalue weighted by Crippen LogP contribution is 2.31. The number of pyridine rings is 1. The maximum Gasteiger partial charge on any atom is 0.222 e. The molecule has 0 saturated carbocycles. The van der Waals surface area contributed by atoms with Gasteiger partial charge >= 0.3 is 0 Å². The number of halogens is 1. The topological polar surface area (TPSA) is 48.5 Å². The number of piperidine rings is 3. The van der Waals surface area contributed by atoms with E-state index in [2.05, 4.69) is 33.1 Å². The van der Waals surface area contributed by atoms with Crippen LogP contribution in [0, 0.1) is 17.8 Å². The number of nitrogens with zero attached hydrogens (tertiary/aromatic N) is 3. The van der Waals surface area contributed by atoms with Gasteiger partial charge in [0, 0.05) is 57.6 Å². The molecule has 1 aromatic rings. The molecule has 1 N–H and O–H groups in total. The smallest absolute Gasteiger partial charge is 0.222 e. The van der Waals surface area contributed by atoms with E-state index in [0.717, 1.165) is 63.2 Å². The SMILES string of the molecule is CC1CCN(C(=O)CCC[C@H]2NCC3CC2CN(Cc2cccnc2)C3)CC1.Cl. The number of hydrogen-bond acceptors (Lipinski definition) is 4. The van der Waals surface area contributed by atoms with Crippen molar-refractivity contribution < 1.29 is 4.79 Å². The van der Waals surface area contributed by atoms with Crippen molar-refractivity contribution >= 4 is 18.3 Å². The normalized spacial score (nSPS) is 28.0. The zero-order valence-electron chi connectivity index (χ0n) is 17.8. The average Bonchev–Trinajstić information content (AvgIpc) is 2.71. The quantitative estimate of drug-likeness (QED) is 0.766. The molecule has 29 heavy (non-hydrogen) atoms. The summed E-state index contributed by atoms with van der Waals surface area (Å²) in [7, 11) is 0. The lowest BCUT2D eigenvalue weighted by atomic mass is 9.79. The molecular formula is C23H37ClN4O. The molecule has 1 aromatic heterocycles. The molecule has 3 aliphatic heterocycles. The molecule has 0 radical (unpaired) electrons. The largest absolute Gasteiger partial charge is 0.343 e. The third kappa shape index (κ3) is 6.16. The summed E-state index contributed by atoms with van der Waals surface area (Å²) in [5.74, 6) is 2.64. The summed E-state index contributed by atoms with van der Waals surface area (Å²) in [5.41, 5.74) is 1.31. The van der Waals surface area contributed by atoms with Crippen LogP contribution in [0.2, 0.25) is 0 Å². The van der Waals surface area contributed by atoms with Crippen molar-refractivity contribution in [2.45, 2.75) is 58.0 Å². The second-order valence-corrected chi connectivity index (χ2v) is 9.39. The fraction of sp³-hybridized carbons (Fsp3) is 0.739. The van der Waals surface area contributed by atoms with E-state index in [1.54, 1.807) is 0 Å². The Bertz CT molecular complexity index is 635. The van der Waals surface area contributed by atoms with Gasteiger partial charge < -0.3 is 10.2 Å². The van der Waals surface area contributed by atoms with Crippen LogP contribution in [0.1, 0.15) is 51.0 Å². The van der Waals surface area contributed by atoms with Crippen molar-refractivity contribution in [3.63, 3.8) is 0 Å². The van der Waals surface area contributed by atoms with E-state index in [9.17, 15) is 4.79 Å². The highest BCUT2D eigenvalue weighted by atomic mass is 35.5. The highest BCUT2D eigenvalue weighted by Gasteiger charge is 2.36. The Morgan fingerprint density at radius 2 is 2.10 bits per heavy atom. The zero-order valence-corrected chi connectivity index (χ0v) is 18.6. The minimum absolute atomic E-state index is 0. The van der Waals surface area contributed by atoms with Gasteiger partial charge in [0.25, 0.3) is 0 Å². The first-order chi connectivity index (χ1) is 13.7. The predicted molar refractivity (Wildman–Crippen MR) is 119 cm³/mol. The van der Waals surface area contributed by atoms with E-state index in [-0.39, 0.29) is 12.4 Å². The van der Waals surface area contributed by atoms with Gasteiger partial charge in [0.05, 0.1) is 0 Å². The molecule has 162 valence electrons. The lowest BCUT2D eigenvalue weighted by Gasteiger charge is -2.46. The summed E-state index contributed by atoms with van der Waals surface area (Å²) in [6.07, 6.45) is 10.4. The molecule has 0 aliphatic carbocycles. The standard InChI is InChI=1S/C23H36N4O.ClH/c1-18-7-10-27(11-8-18)23(28)6-2-5-22-21-12-20(14-25-22)16-26(17-21)15-19-4-3-9-24-13-19;/h3-4,9,13,18,20-22,25H,2,5-8,10-12,14-17H2,1H3;1H/t20?,21?,22-;/m1./s1. The third-order valence-corrected chi connectivity index (χ3v) is 7.05. The Kier molecular flexibility index (Phi) is 8.34. The van der Waals surface area contributed by atoms with Crippen molar-refractivity contribution in [1.82, 2.24) is 20.1 Å². The first-order valence-corrected chi connectivity index (χ1v) is 11.3. The van der Waals surface area contributed by atoms with Crippen molar-refractivity contribution in [3.8, 4) is 0 Å². The summed E-state index contributed by atoms with van der Waals surface area (Å²) < 4.78 is 0. The van der Waals surface area contributed by atoms with Gasteiger partial charge in [0.15, 0.2) is 0 Å². The fourth-order valence-electron chi connectivity index (χ4n) is 5.38. The van der Waals surface area contributed by atoms with Crippen molar-refractivity contribution in [1.29, 1.82) is 0 Å². The number of carbonyl (C=O) groups excluding carboxylic acids is 1. The van der Waals surface area contributed by atoms with E-state index in [1.807, 2.05) is 18.5 Å². The average molecular weight is 421 g/mol. The van der Waals surface area contributed by atoms with Crippen molar-refractivity contribution in [2.24, 2.45) is 17.8 Å². The Morgan fingerprint density at radius 1 is 1.28 bits per heavy atom. The lowest BCUT2D eigenvalue weighted by Crippen LogP contribution is -2.55. The molecule has 3 fully saturated rings. The Balaban J connectivity index is 0.00000240. The summed E-state index contributed by atoms with van der Waals surface area (Å²) >= 11 is 0. The molecular weight excluding hydrogens is 384 g/mol. The minimum Gasteiger partial charge on any atom is -0.343 e. The molecule has 3 aliphatic rings. The van der Waals surface area contributed by atoms with Crippen LogP contribution in [0.5, 0.6) is 0 Å². The van der Waals surface area contributed by atoms with Gasteiger partial charge in [-0.2, -0.15) is 0 Å². The second-order valence-electron chi connectivity index (χ2n) is 9.39. The van der Waals surface area contributed by atoms with Crippen LogP contribution >= 0.6 is 12.4 Å². The highest BCUT2D eigenvalue weighted by molar-refractivity contribution is 5.85. The first kappa shape index (κ1) is 22.5. The number of likely N-dealkylation sites (tertiary alicyclic amines) is 2.